The molecule has 0 radical (unpaired) electrons. The predicted octanol–water partition coefficient (Wildman–Crippen LogP) is 0.218. The number of aliphatic hydroxyl groups excluding tert-OH is 1. The van der Waals surface area contributed by atoms with Gasteiger partial charge in [-0.3, -0.25) is 10.3 Å². The van der Waals surface area contributed by atoms with Gasteiger partial charge >= 0.3 is 0 Å². The first-order chi connectivity index (χ1) is 8.22. The number of nitriles is 1. The van der Waals surface area contributed by atoms with Crippen LogP contribution in [-0.4, -0.2) is 28.3 Å². The number of hydrogen-bond donors (Lipinski definition) is 3. The maximum Gasteiger partial charge on any atom is 0.143 e. The lowest BCUT2D eigenvalue weighted by molar-refractivity contribution is 0.238. The number of rotatable bonds is 3. The van der Waals surface area contributed by atoms with Crippen molar-refractivity contribution in [2.75, 3.05) is 7.05 Å². The molecule has 6 nitrogen and oxygen atoms in total. The van der Waals surface area contributed by atoms with E-state index in [0.717, 1.165) is 5.69 Å². The van der Waals surface area contributed by atoms with Crippen LogP contribution < -0.4 is 10.7 Å². The van der Waals surface area contributed by atoms with E-state index in [1.807, 2.05) is 6.07 Å². The molecule has 0 aliphatic carbocycles. The van der Waals surface area contributed by atoms with E-state index in [0.29, 0.717) is 12.1 Å². The number of aromatic nitrogens is 1. The Balaban J connectivity index is 2.01. The zero-order valence-electron chi connectivity index (χ0n) is 9.38. The molecule has 3 N–H and O–H groups in total. The summed E-state index contributed by atoms with van der Waals surface area (Å²) in [5, 5.41) is 22.9. The van der Waals surface area contributed by atoms with E-state index >= 15 is 0 Å². The van der Waals surface area contributed by atoms with Crippen LogP contribution >= 0.6 is 0 Å². The van der Waals surface area contributed by atoms with Crippen LogP contribution in [0.1, 0.15) is 11.3 Å². The summed E-state index contributed by atoms with van der Waals surface area (Å²) in [7, 11) is 1.76. The number of aliphatic hydroxyl groups is 1. The van der Waals surface area contributed by atoms with Crippen molar-refractivity contribution >= 4 is 0 Å². The van der Waals surface area contributed by atoms with Crippen LogP contribution in [0.25, 0.3) is 0 Å². The Morgan fingerprint density at radius 3 is 3.00 bits per heavy atom. The van der Waals surface area contributed by atoms with Gasteiger partial charge in [0.25, 0.3) is 0 Å². The third-order valence-electron chi connectivity index (χ3n) is 2.45. The number of hydrazine groups is 1. The van der Waals surface area contributed by atoms with Gasteiger partial charge in [0.2, 0.25) is 0 Å². The Hall–Kier alpha value is -2.10. The lowest BCUT2D eigenvalue weighted by atomic mass is 10.2. The molecule has 17 heavy (non-hydrogen) atoms. The zero-order chi connectivity index (χ0) is 12.3. The third-order valence-corrected chi connectivity index (χ3v) is 2.45. The van der Waals surface area contributed by atoms with Gasteiger partial charge in [-0.15, -0.1) is 0 Å². The third kappa shape index (κ3) is 2.53. The van der Waals surface area contributed by atoms with E-state index in [1.165, 1.54) is 6.20 Å². The molecule has 1 aromatic heterocycles. The van der Waals surface area contributed by atoms with E-state index in [1.54, 1.807) is 30.4 Å². The summed E-state index contributed by atoms with van der Waals surface area (Å²) in [6.45, 7) is 0.522. The van der Waals surface area contributed by atoms with Crippen LogP contribution in [-0.2, 0) is 6.54 Å². The van der Waals surface area contributed by atoms with Crippen LogP contribution in [0.3, 0.4) is 0 Å². The van der Waals surface area contributed by atoms with Crippen molar-refractivity contribution < 1.29 is 5.11 Å². The molecule has 2 heterocycles. The normalized spacial score (nSPS) is 18.9. The van der Waals surface area contributed by atoms with Crippen LogP contribution in [0.5, 0.6) is 0 Å². The molecule has 0 spiro atoms. The zero-order valence-corrected chi connectivity index (χ0v) is 9.38. The van der Waals surface area contributed by atoms with Gasteiger partial charge in [0.1, 0.15) is 18.0 Å². The summed E-state index contributed by atoms with van der Waals surface area (Å²) in [5.74, 6) is 0.237. The standard InChI is InChI=1S/C11H13N5O/c1-13-11-10(17)7-16(15-11)6-9-3-2-8(4-12)5-14-9/h2-3,5,7,11,13,15,17H,6H2,1H3. The van der Waals surface area contributed by atoms with Gasteiger partial charge in [0.15, 0.2) is 0 Å². The molecule has 1 aliphatic heterocycles. The largest absolute Gasteiger partial charge is 0.508 e. The Morgan fingerprint density at radius 1 is 1.65 bits per heavy atom. The Labute approximate surface area is 99.2 Å². The summed E-state index contributed by atoms with van der Waals surface area (Å²) < 4.78 is 0. The van der Waals surface area contributed by atoms with Crippen molar-refractivity contribution in [3.8, 4) is 6.07 Å². The second-order valence-corrected chi connectivity index (χ2v) is 3.68. The average molecular weight is 231 g/mol. The molecule has 6 heteroatoms. The smallest absolute Gasteiger partial charge is 0.143 e. The molecule has 2 rings (SSSR count). The van der Waals surface area contributed by atoms with Crippen molar-refractivity contribution in [1.29, 1.82) is 5.26 Å². The van der Waals surface area contributed by atoms with Gasteiger partial charge in [0.05, 0.1) is 24.0 Å². The molecule has 1 aliphatic rings. The first-order valence-electron chi connectivity index (χ1n) is 5.18. The van der Waals surface area contributed by atoms with E-state index in [9.17, 15) is 5.11 Å². The molecule has 0 bridgehead atoms. The van der Waals surface area contributed by atoms with Gasteiger partial charge in [0, 0.05) is 6.20 Å². The molecular weight excluding hydrogens is 218 g/mol. The molecule has 0 saturated heterocycles. The average Bonchev–Trinajstić information content (AvgIpc) is 2.70. The molecule has 0 saturated carbocycles. The molecule has 1 atom stereocenters. The highest BCUT2D eigenvalue weighted by Crippen LogP contribution is 2.10. The fourth-order valence-electron chi connectivity index (χ4n) is 1.57. The van der Waals surface area contributed by atoms with Gasteiger partial charge in [-0.25, -0.2) is 5.43 Å². The van der Waals surface area contributed by atoms with Crippen LogP contribution in [0.4, 0.5) is 0 Å². The van der Waals surface area contributed by atoms with E-state index < -0.39 is 0 Å². The fourth-order valence-corrected chi connectivity index (χ4v) is 1.57. The van der Waals surface area contributed by atoms with Crippen LogP contribution in [0.15, 0.2) is 30.3 Å². The number of hydrogen-bond acceptors (Lipinski definition) is 6. The highest BCUT2D eigenvalue weighted by atomic mass is 16.3. The summed E-state index contributed by atoms with van der Waals surface area (Å²) in [5.41, 5.74) is 4.40. The van der Waals surface area contributed by atoms with Gasteiger partial charge in [-0.05, 0) is 19.2 Å². The molecule has 1 aromatic rings. The van der Waals surface area contributed by atoms with Crippen LogP contribution in [0, 0.1) is 11.3 Å². The Kier molecular flexibility index (Phi) is 3.23. The van der Waals surface area contributed by atoms with Crippen molar-refractivity contribution in [1.82, 2.24) is 20.7 Å². The van der Waals surface area contributed by atoms with Gasteiger partial charge < -0.3 is 10.1 Å². The predicted molar refractivity (Wildman–Crippen MR) is 61.2 cm³/mol. The fraction of sp³-hybridized carbons (Fsp3) is 0.273. The number of likely N-dealkylation sites (N-methyl/N-ethyl adjacent to an activating group) is 1. The molecule has 0 aromatic carbocycles. The summed E-state index contributed by atoms with van der Waals surface area (Å²) in [4.78, 5) is 4.15. The minimum atomic E-state index is -0.256. The second-order valence-electron chi connectivity index (χ2n) is 3.68. The first-order valence-corrected chi connectivity index (χ1v) is 5.18. The summed E-state index contributed by atoms with van der Waals surface area (Å²) in [6, 6.07) is 5.53. The number of nitrogens with one attached hydrogen (secondary N) is 2. The van der Waals surface area contributed by atoms with Gasteiger partial charge in [-0.1, -0.05) is 0 Å². The first kappa shape index (κ1) is 11.4. The maximum absolute atomic E-state index is 9.55. The quantitative estimate of drug-likeness (QED) is 0.690. The summed E-state index contributed by atoms with van der Waals surface area (Å²) in [6.07, 6.45) is 2.89. The maximum atomic E-state index is 9.55. The van der Waals surface area contributed by atoms with Crippen molar-refractivity contribution in [2.24, 2.45) is 0 Å². The topological polar surface area (TPSA) is 84.2 Å². The molecule has 88 valence electrons. The van der Waals surface area contributed by atoms with Crippen molar-refractivity contribution in [2.45, 2.75) is 12.7 Å². The molecule has 0 fully saturated rings. The highest BCUT2D eigenvalue weighted by molar-refractivity contribution is 5.26. The van der Waals surface area contributed by atoms with Crippen molar-refractivity contribution in [3.05, 3.63) is 41.5 Å². The summed E-state index contributed by atoms with van der Waals surface area (Å²) >= 11 is 0. The molecule has 1 unspecified atom stereocenters. The Bertz CT molecular complexity index is 462. The van der Waals surface area contributed by atoms with Crippen LogP contribution in [0.2, 0.25) is 0 Å². The molecule has 0 amide bonds. The molecular formula is C11H13N5O. The lowest BCUT2D eigenvalue weighted by Crippen LogP contribution is -2.43. The SMILES string of the molecule is CNC1NN(Cc2ccc(C#N)cn2)C=C1O. The second kappa shape index (κ2) is 4.82. The monoisotopic (exact) mass is 231 g/mol. The van der Waals surface area contributed by atoms with E-state index in [4.69, 9.17) is 5.26 Å². The van der Waals surface area contributed by atoms with E-state index in [-0.39, 0.29) is 11.9 Å². The number of pyridine rings is 1. The Morgan fingerprint density at radius 2 is 2.47 bits per heavy atom. The van der Waals surface area contributed by atoms with E-state index in [2.05, 4.69) is 15.7 Å². The van der Waals surface area contributed by atoms with Gasteiger partial charge in [-0.2, -0.15) is 5.26 Å². The minimum Gasteiger partial charge on any atom is -0.508 e. The minimum absolute atomic E-state index is 0.237. The van der Waals surface area contributed by atoms with Crippen molar-refractivity contribution in [3.63, 3.8) is 0 Å². The highest BCUT2D eigenvalue weighted by Gasteiger charge is 2.21. The lowest BCUT2D eigenvalue weighted by Gasteiger charge is -2.18. The number of nitrogens with zero attached hydrogens (tertiary/aromatic N) is 3.